The summed E-state index contributed by atoms with van der Waals surface area (Å²) in [6.07, 6.45) is 6.71. The fourth-order valence-electron chi connectivity index (χ4n) is 4.17. The maximum Gasteiger partial charge on any atom is 0.0571 e. The smallest absolute Gasteiger partial charge is 0.0571 e. The van der Waals surface area contributed by atoms with Crippen molar-refractivity contribution in [3.63, 3.8) is 0 Å². The fourth-order valence-corrected chi connectivity index (χ4v) is 4.37. The van der Waals surface area contributed by atoms with Crippen LogP contribution < -0.4 is 5.32 Å². The van der Waals surface area contributed by atoms with Gasteiger partial charge in [-0.25, -0.2) is 0 Å². The predicted molar refractivity (Wildman–Crippen MR) is 83.4 cm³/mol. The monoisotopic (exact) mass is 293 g/mol. The molecular formula is C17H24ClNO. The zero-order chi connectivity index (χ0) is 14.0. The van der Waals surface area contributed by atoms with E-state index in [9.17, 15) is 0 Å². The Hall–Kier alpha value is -0.570. The molecule has 2 fully saturated rings. The summed E-state index contributed by atoms with van der Waals surface area (Å²) in [7, 11) is 1.85. The van der Waals surface area contributed by atoms with Crippen molar-refractivity contribution in [2.24, 2.45) is 5.41 Å². The molecule has 20 heavy (non-hydrogen) atoms. The molecule has 2 aliphatic rings. The maximum absolute atomic E-state index is 6.20. The molecule has 1 aromatic rings. The van der Waals surface area contributed by atoms with Gasteiger partial charge in [-0.2, -0.15) is 0 Å². The molecule has 1 heterocycles. The van der Waals surface area contributed by atoms with Crippen LogP contribution in [0.5, 0.6) is 0 Å². The lowest BCUT2D eigenvalue weighted by Crippen LogP contribution is -2.46. The lowest BCUT2D eigenvalue weighted by atomic mass is 9.60. The van der Waals surface area contributed by atoms with Gasteiger partial charge in [-0.05, 0) is 61.8 Å². The minimum Gasteiger partial charge on any atom is -0.381 e. The molecule has 2 nitrogen and oxygen atoms in total. The normalized spacial score (nSPS) is 34.3. The van der Waals surface area contributed by atoms with Crippen molar-refractivity contribution >= 4 is 11.6 Å². The highest BCUT2D eigenvalue weighted by molar-refractivity contribution is 6.30. The first-order chi connectivity index (χ1) is 9.73. The molecule has 1 saturated heterocycles. The van der Waals surface area contributed by atoms with Gasteiger partial charge in [0.25, 0.3) is 0 Å². The summed E-state index contributed by atoms with van der Waals surface area (Å²) in [6, 6.07) is 8.45. The number of rotatable bonds is 2. The van der Waals surface area contributed by atoms with Crippen LogP contribution in [0.1, 0.15) is 43.6 Å². The zero-order valence-electron chi connectivity index (χ0n) is 12.2. The number of methoxy groups -OCH3 is 1. The van der Waals surface area contributed by atoms with E-state index in [0.717, 1.165) is 18.1 Å². The number of piperidine rings is 1. The van der Waals surface area contributed by atoms with Crippen molar-refractivity contribution in [2.75, 3.05) is 20.2 Å². The van der Waals surface area contributed by atoms with E-state index < -0.39 is 0 Å². The summed E-state index contributed by atoms with van der Waals surface area (Å²) >= 11 is 6.20. The highest BCUT2D eigenvalue weighted by Gasteiger charge is 2.43. The van der Waals surface area contributed by atoms with Gasteiger partial charge in [-0.15, -0.1) is 0 Å². The molecule has 1 unspecified atom stereocenters. The van der Waals surface area contributed by atoms with Gasteiger partial charge in [0, 0.05) is 24.6 Å². The zero-order valence-corrected chi connectivity index (χ0v) is 13.0. The molecule has 1 aromatic carbocycles. The summed E-state index contributed by atoms with van der Waals surface area (Å²) in [4.78, 5) is 0. The van der Waals surface area contributed by atoms with Gasteiger partial charge in [0.1, 0.15) is 0 Å². The summed E-state index contributed by atoms with van der Waals surface area (Å²) in [5, 5.41) is 4.43. The Morgan fingerprint density at radius 3 is 2.75 bits per heavy atom. The van der Waals surface area contributed by atoms with Crippen molar-refractivity contribution < 1.29 is 4.74 Å². The third-order valence-electron chi connectivity index (χ3n) is 5.40. The van der Waals surface area contributed by atoms with E-state index in [2.05, 4.69) is 23.5 Å². The summed E-state index contributed by atoms with van der Waals surface area (Å²) in [5.74, 6) is 0.591. The Kier molecular flexibility index (Phi) is 4.34. The number of nitrogens with one attached hydrogen (secondary N) is 1. The van der Waals surface area contributed by atoms with E-state index in [-0.39, 0.29) is 0 Å². The molecule has 1 spiro atoms. The molecule has 110 valence electrons. The molecule has 3 rings (SSSR count). The van der Waals surface area contributed by atoms with Crippen molar-refractivity contribution in [3.05, 3.63) is 34.9 Å². The Balaban J connectivity index is 1.84. The van der Waals surface area contributed by atoms with Gasteiger partial charge < -0.3 is 10.1 Å². The van der Waals surface area contributed by atoms with Crippen molar-refractivity contribution in [1.82, 2.24) is 5.32 Å². The Morgan fingerprint density at radius 1 is 1.25 bits per heavy atom. The first kappa shape index (κ1) is 14.4. The standard InChI is InChI=1S/C17H24ClNO/c1-20-15-5-7-17(8-6-15)9-10-19-12-16(17)13-3-2-4-14(18)11-13/h2-4,11,15-16,19H,5-10,12H2,1H3. The first-order valence-electron chi connectivity index (χ1n) is 7.72. The summed E-state index contributed by atoms with van der Waals surface area (Å²) in [6.45, 7) is 2.23. The van der Waals surface area contributed by atoms with Crippen LogP contribution in [0.2, 0.25) is 5.02 Å². The van der Waals surface area contributed by atoms with Crippen molar-refractivity contribution in [2.45, 2.75) is 44.1 Å². The van der Waals surface area contributed by atoms with E-state index in [1.807, 2.05) is 13.2 Å². The Labute approximate surface area is 126 Å². The molecule has 1 atom stereocenters. The number of halogens is 1. The summed E-state index contributed by atoms with van der Waals surface area (Å²) < 4.78 is 5.55. The van der Waals surface area contributed by atoms with Crippen LogP contribution in [0.25, 0.3) is 0 Å². The molecule has 3 heteroatoms. The molecule has 1 aliphatic carbocycles. The first-order valence-corrected chi connectivity index (χ1v) is 8.10. The van der Waals surface area contributed by atoms with Gasteiger partial charge >= 0.3 is 0 Å². The molecular weight excluding hydrogens is 270 g/mol. The van der Waals surface area contributed by atoms with Crippen molar-refractivity contribution in [3.8, 4) is 0 Å². The van der Waals surface area contributed by atoms with Crippen LogP contribution >= 0.6 is 11.6 Å². The van der Waals surface area contributed by atoms with Gasteiger partial charge in [0.2, 0.25) is 0 Å². The number of ether oxygens (including phenoxy) is 1. The third-order valence-corrected chi connectivity index (χ3v) is 5.64. The molecule has 0 aromatic heterocycles. The van der Waals surface area contributed by atoms with Crippen LogP contribution in [-0.4, -0.2) is 26.3 Å². The van der Waals surface area contributed by atoms with Gasteiger partial charge in [0.05, 0.1) is 6.10 Å². The fraction of sp³-hybridized carbons (Fsp3) is 0.647. The molecule has 0 amide bonds. The van der Waals surface area contributed by atoms with Gasteiger partial charge in [0.15, 0.2) is 0 Å². The number of benzene rings is 1. The SMILES string of the molecule is COC1CCC2(CCNCC2c2cccc(Cl)c2)CC1. The van der Waals surface area contributed by atoms with Crippen LogP contribution in [-0.2, 0) is 4.74 Å². The van der Waals surface area contributed by atoms with E-state index in [0.29, 0.717) is 17.4 Å². The molecule has 1 N–H and O–H groups in total. The van der Waals surface area contributed by atoms with E-state index in [1.54, 1.807) is 0 Å². The minimum atomic E-state index is 0.449. The topological polar surface area (TPSA) is 21.3 Å². The average molecular weight is 294 g/mol. The lowest BCUT2D eigenvalue weighted by Gasteiger charge is -2.48. The third kappa shape index (κ3) is 2.74. The summed E-state index contributed by atoms with van der Waals surface area (Å²) in [5.41, 5.74) is 1.85. The number of hydrogen-bond acceptors (Lipinski definition) is 2. The second kappa shape index (κ2) is 6.05. The van der Waals surface area contributed by atoms with Gasteiger partial charge in [-0.1, -0.05) is 23.7 Å². The molecule has 1 aliphatic heterocycles. The van der Waals surface area contributed by atoms with E-state index in [1.165, 1.54) is 37.7 Å². The van der Waals surface area contributed by atoms with E-state index >= 15 is 0 Å². The van der Waals surface area contributed by atoms with Crippen LogP contribution in [0, 0.1) is 5.41 Å². The van der Waals surface area contributed by atoms with E-state index in [4.69, 9.17) is 16.3 Å². The van der Waals surface area contributed by atoms with Gasteiger partial charge in [-0.3, -0.25) is 0 Å². The molecule has 0 bridgehead atoms. The minimum absolute atomic E-state index is 0.449. The van der Waals surface area contributed by atoms with Crippen LogP contribution in [0.15, 0.2) is 24.3 Å². The highest BCUT2D eigenvalue weighted by Crippen LogP contribution is 2.51. The second-order valence-corrected chi connectivity index (χ2v) is 6.80. The highest BCUT2D eigenvalue weighted by atomic mass is 35.5. The Bertz CT molecular complexity index is 454. The molecule has 1 saturated carbocycles. The second-order valence-electron chi connectivity index (χ2n) is 6.36. The van der Waals surface area contributed by atoms with Crippen LogP contribution in [0.4, 0.5) is 0 Å². The average Bonchev–Trinajstić information content (AvgIpc) is 2.48. The largest absolute Gasteiger partial charge is 0.381 e. The number of hydrogen-bond donors (Lipinski definition) is 1. The van der Waals surface area contributed by atoms with Crippen molar-refractivity contribution in [1.29, 1.82) is 0 Å². The lowest BCUT2D eigenvalue weighted by molar-refractivity contribution is 0.00444. The van der Waals surface area contributed by atoms with Crippen LogP contribution in [0.3, 0.4) is 0 Å². The maximum atomic E-state index is 6.20. The predicted octanol–water partition coefficient (Wildman–Crippen LogP) is 3.99. The Morgan fingerprint density at radius 2 is 2.05 bits per heavy atom. The molecule has 0 radical (unpaired) electrons. The quantitative estimate of drug-likeness (QED) is 0.890.